The van der Waals surface area contributed by atoms with E-state index in [0.717, 1.165) is 0 Å². The molecule has 0 amide bonds. The van der Waals surface area contributed by atoms with Crippen molar-refractivity contribution < 1.29 is 19.4 Å². The topological polar surface area (TPSA) is 132 Å². The van der Waals surface area contributed by atoms with Crippen molar-refractivity contribution >= 4 is 11.8 Å². The number of carbonyl (C=O) groups excluding carboxylic acids is 1. The average molecular weight is 423 g/mol. The second kappa shape index (κ2) is 9.96. The van der Waals surface area contributed by atoms with Crippen LogP contribution in [0.25, 0.3) is 22.6 Å². The molecule has 9 heteroatoms. The maximum Gasteiger partial charge on any atom is 0.339 e. The molecule has 0 spiro atoms. The maximum atomic E-state index is 11.9. The maximum absolute atomic E-state index is 11.9. The molecule has 0 fully saturated rings. The Hall–Kier alpha value is -3.56. The molecule has 0 bridgehead atoms. The van der Waals surface area contributed by atoms with Crippen LogP contribution in [0.4, 0.5) is 5.82 Å². The van der Waals surface area contributed by atoms with Crippen molar-refractivity contribution in [3.63, 3.8) is 0 Å². The number of hydrogen-bond acceptors (Lipinski definition) is 9. The van der Waals surface area contributed by atoms with E-state index in [0.29, 0.717) is 51.9 Å². The van der Waals surface area contributed by atoms with Gasteiger partial charge in [0.15, 0.2) is 5.82 Å². The Balaban J connectivity index is 1.95. The Morgan fingerprint density at radius 3 is 2.77 bits per heavy atom. The lowest BCUT2D eigenvalue weighted by Gasteiger charge is -2.13. The van der Waals surface area contributed by atoms with Gasteiger partial charge in [0.1, 0.15) is 24.3 Å². The number of aromatic nitrogens is 3. The number of pyridine rings is 1. The van der Waals surface area contributed by atoms with E-state index in [-0.39, 0.29) is 6.61 Å². The summed E-state index contributed by atoms with van der Waals surface area (Å²) in [5, 5.41) is 12.7. The number of benzene rings is 1. The van der Waals surface area contributed by atoms with E-state index in [1.807, 2.05) is 19.1 Å². The summed E-state index contributed by atoms with van der Waals surface area (Å²) in [5.41, 5.74) is 9.03. The zero-order valence-corrected chi connectivity index (χ0v) is 17.6. The Morgan fingerprint density at radius 1 is 1.23 bits per heavy atom. The third-order valence-corrected chi connectivity index (χ3v) is 4.59. The summed E-state index contributed by atoms with van der Waals surface area (Å²) in [6, 6.07) is 8.88. The number of esters is 1. The van der Waals surface area contributed by atoms with Gasteiger partial charge in [0.2, 0.25) is 0 Å². The van der Waals surface area contributed by atoms with Gasteiger partial charge in [-0.3, -0.25) is 4.98 Å². The summed E-state index contributed by atoms with van der Waals surface area (Å²) < 4.78 is 10.4. The van der Waals surface area contributed by atoms with E-state index in [1.54, 1.807) is 31.4 Å². The normalized spacial score (nSPS) is 11.7. The molecule has 1 unspecified atom stereocenters. The first kappa shape index (κ1) is 22.1. The first-order valence-electron chi connectivity index (χ1n) is 9.66. The average Bonchev–Trinajstić information content (AvgIpc) is 2.79. The van der Waals surface area contributed by atoms with Gasteiger partial charge < -0.3 is 25.6 Å². The van der Waals surface area contributed by atoms with Gasteiger partial charge >= 0.3 is 5.97 Å². The molecule has 0 radical (unpaired) electrons. The summed E-state index contributed by atoms with van der Waals surface area (Å²) in [5.74, 6) is 0.813. The lowest BCUT2D eigenvalue weighted by Crippen LogP contribution is -2.29. The van der Waals surface area contributed by atoms with Crippen molar-refractivity contribution in [2.24, 2.45) is 0 Å². The molecule has 31 heavy (non-hydrogen) atoms. The van der Waals surface area contributed by atoms with E-state index in [1.165, 1.54) is 13.3 Å². The standard InChI is InChI=1S/C22H25N5O4/c1-13-19(15-7-16(10-25-9-15)22(29)30-3)26-21(27-20(13)23)14-5-4-6-18(8-14)31-12-17(28)11-24-2/h4-10,17,24,28H,11-12H2,1-3H3,(H2,23,26,27). The van der Waals surface area contributed by atoms with Gasteiger partial charge in [-0.2, -0.15) is 0 Å². The highest BCUT2D eigenvalue weighted by molar-refractivity contribution is 5.90. The monoisotopic (exact) mass is 423 g/mol. The Kier molecular flexibility index (Phi) is 7.11. The number of nitrogens with one attached hydrogen (secondary N) is 1. The highest BCUT2D eigenvalue weighted by atomic mass is 16.5. The summed E-state index contributed by atoms with van der Waals surface area (Å²) in [6.07, 6.45) is 2.41. The predicted molar refractivity (Wildman–Crippen MR) is 117 cm³/mol. The number of nitrogens with two attached hydrogens (primary N) is 1. The largest absolute Gasteiger partial charge is 0.491 e. The summed E-state index contributed by atoms with van der Waals surface area (Å²) in [6.45, 7) is 2.39. The van der Waals surface area contributed by atoms with Crippen LogP contribution in [0, 0.1) is 6.92 Å². The van der Waals surface area contributed by atoms with Gasteiger partial charge in [-0.25, -0.2) is 14.8 Å². The van der Waals surface area contributed by atoms with Crippen LogP contribution in [-0.4, -0.2) is 59.4 Å². The van der Waals surface area contributed by atoms with Gasteiger partial charge in [-0.05, 0) is 32.2 Å². The molecule has 0 aliphatic heterocycles. The van der Waals surface area contributed by atoms with E-state index in [9.17, 15) is 9.90 Å². The summed E-state index contributed by atoms with van der Waals surface area (Å²) in [4.78, 5) is 25.1. The second-order valence-electron chi connectivity index (χ2n) is 6.91. The third kappa shape index (κ3) is 5.33. The van der Waals surface area contributed by atoms with Gasteiger partial charge in [0.25, 0.3) is 0 Å². The SMILES string of the molecule is CNCC(O)COc1cccc(-c2nc(N)c(C)c(-c3cncc(C(=O)OC)c3)n2)c1. The van der Waals surface area contributed by atoms with Crippen LogP contribution in [0.2, 0.25) is 0 Å². The molecular formula is C22H25N5O4. The lowest BCUT2D eigenvalue weighted by atomic mass is 10.1. The number of rotatable bonds is 8. The van der Waals surface area contributed by atoms with Crippen LogP contribution in [0.3, 0.4) is 0 Å². The third-order valence-electron chi connectivity index (χ3n) is 4.59. The number of nitrogens with zero attached hydrogens (tertiary/aromatic N) is 3. The van der Waals surface area contributed by atoms with Crippen molar-refractivity contribution in [3.05, 3.63) is 53.9 Å². The first-order chi connectivity index (χ1) is 14.9. The number of hydrogen-bond donors (Lipinski definition) is 3. The van der Waals surface area contributed by atoms with Crippen LogP contribution < -0.4 is 15.8 Å². The molecule has 2 aromatic heterocycles. The van der Waals surface area contributed by atoms with E-state index < -0.39 is 12.1 Å². The molecule has 0 saturated heterocycles. The molecule has 0 aliphatic carbocycles. The fourth-order valence-corrected chi connectivity index (χ4v) is 2.96. The van der Waals surface area contributed by atoms with Crippen molar-refractivity contribution in [2.75, 3.05) is 33.0 Å². The van der Waals surface area contributed by atoms with Crippen molar-refractivity contribution in [2.45, 2.75) is 13.0 Å². The molecule has 162 valence electrons. The number of carbonyl (C=O) groups is 1. The minimum Gasteiger partial charge on any atom is -0.491 e. The minimum absolute atomic E-state index is 0.151. The Bertz CT molecular complexity index is 1070. The molecule has 0 saturated carbocycles. The minimum atomic E-state index is -0.624. The molecule has 1 atom stereocenters. The Morgan fingerprint density at radius 2 is 2.03 bits per heavy atom. The Labute approximate surface area is 180 Å². The molecule has 3 rings (SSSR count). The zero-order valence-electron chi connectivity index (χ0n) is 17.6. The van der Waals surface area contributed by atoms with Crippen LogP contribution >= 0.6 is 0 Å². The van der Waals surface area contributed by atoms with E-state index in [2.05, 4.69) is 20.3 Å². The number of nitrogen functional groups attached to an aromatic ring is 1. The number of likely N-dealkylation sites (N-methyl/N-ethyl adjacent to an activating group) is 1. The quantitative estimate of drug-likeness (QED) is 0.464. The molecule has 3 aromatic rings. The highest BCUT2D eigenvalue weighted by Crippen LogP contribution is 2.29. The van der Waals surface area contributed by atoms with Crippen LogP contribution in [0.15, 0.2) is 42.7 Å². The molecule has 1 aromatic carbocycles. The molecule has 9 nitrogen and oxygen atoms in total. The molecule has 4 N–H and O–H groups in total. The van der Waals surface area contributed by atoms with E-state index in [4.69, 9.17) is 15.2 Å². The van der Waals surface area contributed by atoms with Crippen molar-refractivity contribution in [1.82, 2.24) is 20.3 Å². The number of ether oxygens (including phenoxy) is 2. The zero-order chi connectivity index (χ0) is 22.4. The number of aliphatic hydroxyl groups excluding tert-OH is 1. The molecule has 2 heterocycles. The number of anilines is 1. The van der Waals surface area contributed by atoms with Gasteiger partial charge in [-0.15, -0.1) is 0 Å². The van der Waals surface area contributed by atoms with Gasteiger partial charge in [0, 0.05) is 35.6 Å². The van der Waals surface area contributed by atoms with Crippen molar-refractivity contribution in [3.8, 4) is 28.4 Å². The summed E-state index contributed by atoms with van der Waals surface area (Å²) in [7, 11) is 3.07. The fourth-order valence-electron chi connectivity index (χ4n) is 2.96. The predicted octanol–water partition coefficient (Wildman–Crippen LogP) is 1.84. The fraction of sp³-hybridized carbons (Fsp3) is 0.273. The molecule has 0 aliphatic rings. The van der Waals surface area contributed by atoms with Gasteiger partial charge in [0.05, 0.1) is 18.4 Å². The van der Waals surface area contributed by atoms with Crippen molar-refractivity contribution in [1.29, 1.82) is 0 Å². The lowest BCUT2D eigenvalue weighted by molar-refractivity contribution is 0.0600. The van der Waals surface area contributed by atoms with Crippen LogP contribution in [0.5, 0.6) is 5.75 Å². The first-order valence-corrected chi connectivity index (χ1v) is 9.66. The van der Waals surface area contributed by atoms with Crippen LogP contribution in [-0.2, 0) is 4.74 Å². The highest BCUT2D eigenvalue weighted by Gasteiger charge is 2.15. The number of aliphatic hydroxyl groups is 1. The number of methoxy groups -OCH3 is 1. The van der Waals surface area contributed by atoms with Crippen LogP contribution in [0.1, 0.15) is 15.9 Å². The second-order valence-corrected chi connectivity index (χ2v) is 6.91. The van der Waals surface area contributed by atoms with E-state index >= 15 is 0 Å². The molecular weight excluding hydrogens is 398 g/mol. The summed E-state index contributed by atoms with van der Waals surface area (Å²) >= 11 is 0. The van der Waals surface area contributed by atoms with Gasteiger partial charge in [-0.1, -0.05) is 12.1 Å². The smallest absolute Gasteiger partial charge is 0.339 e.